The van der Waals surface area contributed by atoms with Crippen LogP contribution in [0.15, 0.2) is 0 Å². The standard InChI is InChI=1S/C10H18N2O3/c1-10(2)7-11-8(13)6-12(10)9(14)4-5-15-3/h4-7H2,1-3H3,(H,11,13). The smallest absolute Gasteiger partial charge is 0.239 e. The van der Waals surface area contributed by atoms with E-state index in [1.54, 1.807) is 12.0 Å². The fourth-order valence-corrected chi connectivity index (χ4v) is 1.57. The number of piperazine rings is 1. The van der Waals surface area contributed by atoms with Crippen LogP contribution in [-0.4, -0.2) is 49.1 Å². The Bertz CT molecular complexity index is 263. The van der Waals surface area contributed by atoms with E-state index in [1.807, 2.05) is 13.8 Å². The van der Waals surface area contributed by atoms with Crippen LogP contribution in [0.2, 0.25) is 0 Å². The summed E-state index contributed by atoms with van der Waals surface area (Å²) in [5, 5.41) is 2.75. The molecule has 0 aromatic rings. The Morgan fingerprint density at radius 1 is 1.60 bits per heavy atom. The molecule has 0 radical (unpaired) electrons. The SMILES string of the molecule is COCCC(=O)N1CC(=O)NCC1(C)C. The molecule has 1 aliphatic rings. The molecule has 1 fully saturated rings. The third kappa shape index (κ3) is 2.92. The van der Waals surface area contributed by atoms with Crippen molar-refractivity contribution in [2.24, 2.45) is 0 Å². The molecule has 0 aromatic heterocycles. The Balaban J connectivity index is 2.63. The zero-order valence-corrected chi connectivity index (χ0v) is 9.50. The van der Waals surface area contributed by atoms with Crippen molar-refractivity contribution in [2.45, 2.75) is 25.8 Å². The van der Waals surface area contributed by atoms with E-state index in [2.05, 4.69) is 5.32 Å². The fourth-order valence-electron chi connectivity index (χ4n) is 1.57. The zero-order valence-electron chi connectivity index (χ0n) is 9.50. The lowest BCUT2D eigenvalue weighted by Crippen LogP contribution is -2.62. The number of hydrogen-bond donors (Lipinski definition) is 1. The maximum Gasteiger partial charge on any atom is 0.239 e. The largest absolute Gasteiger partial charge is 0.384 e. The van der Waals surface area contributed by atoms with Crippen LogP contribution in [0.3, 0.4) is 0 Å². The second-order valence-electron chi connectivity index (χ2n) is 4.31. The summed E-state index contributed by atoms with van der Waals surface area (Å²) in [5.41, 5.74) is -0.307. The molecule has 0 atom stereocenters. The van der Waals surface area contributed by atoms with E-state index >= 15 is 0 Å². The van der Waals surface area contributed by atoms with E-state index in [0.29, 0.717) is 19.6 Å². The zero-order chi connectivity index (χ0) is 11.5. The Morgan fingerprint density at radius 3 is 2.87 bits per heavy atom. The second kappa shape index (κ2) is 4.61. The molecule has 1 saturated heterocycles. The highest BCUT2D eigenvalue weighted by Crippen LogP contribution is 2.17. The predicted molar refractivity (Wildman–Crippen MR) is 55.3 cm³/mol. The second-order valence-corrected chi connectivity index (χ2v) is 4.31. The van der Waals surface area contributed by atoms with Gasteiger partial charge in [0.2, 0.25) is 11.8 Å². The molecule has 86 valence electrons. The van der Waals surface area contributed by atoms with Gasteiger partial charge in [-0.05, 0) is 13.8 Å². The number of amides is 2. The number of nitrogens with one attached hydrogen (secondary N) is 1. The lowest BCUT2D eigenvalue weighted by atomic mass is 9.99. The first-order chi connectivity index (χ1) is 6.97. The van der Waals surface area contributed by atoms with Crippen LogP contribution in [-0.2, 0) is 14.3 Å². The van der Waals surface area contributed by atoms with Gasteiger partial charge in [0, 0.05) is 13.7 Å². The number of ether oxygens (including phenoxy) is 1. The van der Waals surface area contributed by atoms with Gasteiger partial charge in [0.15, 0.2) is 0 Å². The molecule has 1 aliphatic heterocycles. The van der Waals surface area contributed by atoms with Gasteiger partial charge >= 0.3 is 0 Å². The van der Waals surface area contributed by atoms with E-state index in [1.165, 1.54) is 0 Å². The van der Waals surface area contributed by atoms with Crippen molar-refractivity contribution < 1.29 is 14.3 Å². The van der Waals surface area contributed by atoms with Crippen LogP contribution in [0.4, 0.5) is 0 Å². The number of methoxy groups -OCH3 is 1. The summed E-state index contributed by atoms with van der Waals surface area (Å²) in [7, 11) is 1.56. The number of carbonyl (C=O) groups is 2. The minimum atomic E-state index is -0.307. The first-order valence-electron chi connectivity index (χ1n) is 5.03. The van der Waals surface area contributed by atoms with Gasteiger partial charge in [-0.3, -0.25) is 9.59 Å². The van der Waals surface area contributed by atoms with Gasteiger partial charge in [-0.25, -0.2) is 0 Å². The summed E-state index contributed by atoms with van der Waals surface area (Å²) in [6.07, 6.45) is 0.327. The predicted octanol–water partition coefficient (Wildman–Crippen LogP) is -0.240. The summed E-state index contributed by atoms with van der Waals surface area (Å²) in [6.45, 7) is 4.93. The van der Waals surface area contributed by atoms with Crippen molar-refractivity contribution in [2.75, 3.05) is 26.8 Å². The summed E-state index contributed by atoms with van der Waals surface area (Å²) in [4.78, 5) is 24.6. The quantitative estimate of drug-likeness (QED) is 0.705. The first kappa shape index (κ1) is 12.0. The van der Waals surface area contributed by atoms with Gasteiger partial charge in [-0.1, -0.05) is 0 Å². The van der Waals surface area contributed by atoms with Gasteiger partial charge in [0.25, 0.3) is 0 Å². The molecule has 15 heavy (non-hydrogen) atoms. The highest BCUT2D eigenvalue weighted by molar-refractivity contribution is 5.86. The minimum absolute atomic E-state index is 0.0308. The molecule has 1 heterocycles. The first-order valence-corrected chi connectivity index (χ1v) is 5.03. The third-order valence-electron chi connectivity index (χ3n) is 2.57. The number of rotatable bonds is 3. The van der Waals surface area contributed by atoms with Crippen LogP contribution in [0.25, 0.3) is 0 Å². The molecular formula is C10H18N2O3. The summed E-state index contributed by atoms with van der Waals surface area (Å²) < 4.78 is 4.85. The molecule has 0 saturated carbocycles. The average Bonchev–Trinajstić information content (AvgIpc) is 2.18. The molecule has 0 aromatic carbocycles. The molecular weight excluding hydrogens is 196 g/mol. The van der Waals surface area contributed by atoms with Crippen LogP contribution in [0.5, 0.6) is 0 Å². The Hall–Kier alpha value is -1.10. The van der Waals surface area contributed by atoms with E-state index in [-0.39, 0.29) is 23.9 Å². The van der Waals surface area contributed by atoms with Gasteiger partial charge in [-0.2, -0.15) is 0 Å². The number of hydrogen-bond acceptors (Lipinski definition) is 3. The van der Waals surface area contributed by atoms with Gasteiger partial charge in [-0.15, -0.1) is 0 Å². The summed E-state index contributed by atoms with van der Waals surface area (Å²) >= 11 is 0. The lowest BCUT2D eigenvalue weighted by Gasteiger charge is -2.42. The van der Waals surface area contributed by atoms with Crippen LogP contribution < -0.4 is 5.32 Å². The summed E-state index contributed by atoms with van der Waals surface area (Å²) in [6, 6.07) is 0. The molecule has 0 bridgehead atoms. The minimum Gasteiger partial charge on any atom is -0.384 e. The normalized spacial score (nSPS) is 19.9. The molecule has 0 spiro atoms. The Labute approximate surface area is 89.8 Å². The molecule has 2 amide bonds. The number of carbonyl (C=O) groups excluding carboxylic acids is 2. The molecule has 1 N–H and O–H groups in total. The fraction of sp³-hybridized carbons (Fsp3) is 0.800. The van der Waals surface area contributed by atoms with Crippen molar-refractivity contribution in [1.29, 1.82) is 0 Å². The monoisotopic (exact) mass is 214 g/mol. The maximum absolute atomic E-state index is 11.8. The van der Waals surface area contributed by atoms with E-state index in [9.17, 15) is 9.59 Å². The van der Waals surface area contributed by atoms with E-state index < -0.39 is 0 Å². The average molecular weight is 214 g/mol. The van der Waals surface area contributed by atoms with Crippen LogP contribution >= 0.6 is 0 Å². The van der Waals surface area contributed by atoms with Crippen molar-refractivity contribution in [3.8, 4) is 0 Å². The van der Waals surface area contributed by atoms with Crippen molar-refractivity contribution in [3.63, 3.8) is 0 Å². The van der Waals surface area contributed by atoms with E-state index in [0.717, 1.165) is 0 Å². The van der Waals surface area contributed by atoms with Crippen LogP contribution in [0, 0.1) is 0 Å². The van der Waals surface area contributed by atoms with Crippen molar-refractivity contribution in [3.05, 3.63) is 0 Å². The highest BCUT2D eigenvalue weighted by Gasteiger charge is 2.35. The number of nitrogens with zero attached hydrogens (tertiary/aromatic N) is 1. The van der Waals surface area contributed by atoms with Crippen molar-refractivity contribution in [1.82, 2.24) is 10.2 Å². The van der Waals surface area contributed by atoms with Gasteiger partial charge in [0.1, 0.15) is 6.54 Å². The molecule has 5 heteroatoms. The van der Waals surface area contributed by atoms with Crippen molar-refractivity contribution >= 4 is 11.8 Å². The van der Waals surface area contributed by atoms with E-state index in [4.69, 9.17) is 4.74 Å². The third-order valence-corrected chi connectivity index (χ3v) is 2.57. The van der Waals surface area contributed by atoms with Gasteiger partial charge < -0.3 is 15.0 Å². The van der Waals surface area contributed by atoms with Gasteiger partial charge in [0.05, 0.1) is 18.6 Å². The molecule has 1 rings (SSSR count). The van der Waals surface area contributed by atoms with Crippen LogP contribution in [0.1, 0.15) is 20.3 Å². The Morgan fingerprint density at radius 2 is 2.27 bits per heavy atom. The molecule has 0 aliphatic carbocycles. The summed E-state index contributed by atoms with van der Waals surface area (Å²) in [5.74, 6) is -0.128. The topological polar surface area (TPSA) is 58.6 Å². The molecule has 0 unspecified atom stereocenters. The maximum atomic E-state index is 11.8. The highest BCUT2D eigenvalue weighted by atomic mass is 16.5. The lowest BCUT2D eigenvalue weighted by molar-refractivity contribution is -0.145. The Kier molecular flexibility index (Phi) is 3.68. The molecule has 5 nitrogen and oxygen atoms in total.